The van der Waals surface area contributed by atoms with Gasteiger partial charge in [-0.3, -0.25) is 14.9 Å². The third-order valence-electron chi connectivity index (χ3n) is 4.71. The molecule has 2 heterocycles. The van der Waals surface area contributed by atoms with E-state index in [2.05, 4.69) is 0 Å². The second-order valence-electron chi connectivity index (χ2n) is 6.02. The molecule has 2 saturated heterocycles. The Labute approximate surface area is 132 Å². The van der Waals surface area contributed by atoms with E-state index in [1.807, 2.05) is 0 Å². The van der Waals surface area contributed by atoms with Crippen LogP contribution in [0.25, 0.3) is 0 Å². The van der Waals surface area contributed by atoms with Gasteiger partial charge in [-0.2, -0.15) is 4.31 Å². The summed E-state index contributed by atoms with van der Waals surface area (Å²) in [5.41, 5.74) is 0.117. The molecule has 2 bridgehead atoms. The van der Waals surface area contributed by atoms with E-state index in [1.165, 1.54) is 23.4 Å². The topological polar surface area (TPSA) is 118 Å². The van der Waals surface area contributed by atoms with Crippen LogP contribution in [-0.2, 0) is 14.8 Å². The van der Waals surface area contributed by atoms with Gasteiger partial charge in [-0.1, -0.05) is 0 Å². The van der Waals surface area contributed by atoms with Crippen LogP contribution in [0.15, 0.2) is 23.1 Å². The van der Waals surface area contributed by atoms with Gasteiger partial charge in [0.2, 0.25) is 10.0 Å². The summed E-state index contributed by atoms with van der Waals surface area (Å²) >= 11 is 0. The van der Waals surface area contributed by atoms with Crippen LogP contribution in [0, 0.1) is 23.0 Å². The third kappa shape index (κ3) is 2.40. The lowest BCUT2D eigenvalue weighted by molar-refractivity contribution is -0.385. The molecule has 124 valence electrons. The van der Waals surface area contributed by atoms with Gasteiger partial charge < -0.3 is 5.11 Å². The lowest BCUT2D eigenvalue weighted by Gasteiger charge is -2.23. The molecule has 3 atom stereocenters. The smallest absolute Gasteiger partial charge is 0.308 e. The van der Waals surface area contributed by atoms with Gasteiger partial charge >= 0.3 is 5.97 Å². The van der Waals surface area contributed by atoms with E-state index >= 15 is 0 Å². The monoisotopic (exact) mass is 340 g/mol. The maximum absolute atomic E-state index is 12.9. The van der Waals surface area contributed by atoms with Crippen LogP contribution < -0.4 is 0 Å². The highest BCUT2D eigenvalue weighted by Crippen LogP contribution is 2.45. The number of hydrogen-bond acceptors (Lipinski definition) is 5. The van der Waals surface area contributed by atoms with Crippen molar-refractivity contribution < 1.29 is 23.2 Å². The molecular formula is C14H16N2O6S. The van der Waals surface area contributed by atoms with Crippen molar-refractivity contribution in [3.63, 3.8) is 0 Å². The first kappa shape index (κ1) is 15.9. The molecule has 8 nitrogen and oxygen atoms in total. The SMILES string of the molecule is Cc1cc([N+](=O)[O-])ccc1S(=O)(=O)N1C2CCC1C(C(=O)O)C2. The zero-order valence-electron chi connectivity index (χ0n) is 12.4. The fraction of sp³-hybridized carbons (Fsp3) is 0.500. The van der Waals surface area contributed by atoms with Crippen molar-refractivity contribution in [3.8, 4) is 0 Å². The van der Waals surface area contributed by atoms with Crippen molar-refractivity contribution >= 4 is 21.7 Å². The zero-order valence-corrected chi connectivity index (χ0v) is 13.2. The van der Waals surface area contributed by atoms with Gasteiger partial charge in [0.15, 0.2) is 0 Å². The summed E-state index contributed by atoms with van der Waals surface area (Å²) in [5.74, 6) is -1.65. The molecule has 3 unspecified atom stereocenters. The van der Waals surface area contributed by atoms with Crippen LogP contribution >= 0.6 is 0 Å². The Balaban J connectivity index is 2.00. The van der Waals surface area contributed by atoms with Gasteiger partial charge in [0.1, 0.15) is 0 Å². The van der Waals surface area contributed by atoms with Crippen molar-refractivity contribution in [2.45, 2.75) is 43.2 Å². The number of carbonyl (C=O) groups is 1. The fourth-order valence-electron chi connectivity index (χ4n) is 3.73. The first-order chi connectivity index (χ1) is 10.7. The molecule has 1 aromatic carbocycles. The Morgan fingerprint density at radius 3 is 2.61 bits per heavy atom. The van der Waals surface area contributed by atoms with Crippen LogP contribution in [0.1, 0.15) is 24.8 Å². The molecule has 0 aliphatic carbocycles. The van der Waals surface area contributed by atoms with Crippen LogP contribution in [0.3, 0.4) is 0 Å². The highest BCUT2D eigenvalue weighted by Gasteiger charge is 2.54. The molecule has 0 amide bonds. The maximum Gasteiger partial charge on any atom is 0.308 e. The molecule has 9 heteroatoms. The molecule has 2 fully saturated rings. The summed E-state index contributed by atoms with van der Waals surface area (Å²) in [7, 11) is -3.87. The Kier molecular flexibility index (Phi) is 3.64. The minimum absolute atomic E-state index is 0.00559. The maximum atomic E-state index is 12.9. The Morgan fingerprint density at radius 1 is 1.39 bits per heavy atom. The molecule has 1 aromatic rings. The van der Waals surface area contributed by atoms with Gasteiger partial charge in [-0.05, 0) is 37.8 Å². The molecule has 0 saturated carbocycles. The number of fused-ring (bicyclic) bond motifs is 2. The molecule has 0 aromatic heterocycles. The van der Waals surface area contributed by atoms with E-state index in [1.54, 1.807) is 0 Å². The summed E-state index contributed by atoms with van der Waals surface area (Å²) in [4.78, 5) is 21.5. The molecule has 2 aliphatic rings. The summed E-state index contributed by atoms with van der Waals surface area (Å²) in [5, 5.41) is 20.0. The molecule has 3 rings (SSSR count). The molecule has 23 heavy (non-hydrogen) atoms. The second-order valence-corrected chi connectivity index (χ2v) is 7.83. The van der Waals surface area contributed by atoms with E-state index in [0.717, 1.165) is 6.07 Å². The normalized spacial score (nSPS) is 27.3. The number of aryl methyl sites for hydroxylation is 1. The van der Waals surface area contributed by atoms with Crippen molar-refractivity contribution in [1.82, 2.24) is 4.31 Å². The van der Waals surface area contributed by atoms with Crippen molar-refractivity contribution in [2.75, 3.05) is 0 Å². The molecule has 1 N–H and O–H groups in total. The lowest BCUT2D eigenvalue weighted by Crippen LogP contribution is -2.38. The zero-order chi connectivity index (χ0) is 16.9. The highest BCUT2D eigenvalue weighted by molar-refractivity contribution is 7.89. The molecule has 2 aliphatic heterocycles. The summed E-state index contributed by atoms with van der Waals surface area (Å²) in [6, 6.07) is 2.78. The lowest BCUT2D eigenvalue weighted by atomic mass is 9.89. The van der Waals surface area contributed by atoms with E-state index in [9.17, 15) is 28.4 Å². The molecule has 0 spiro atoms. The van der Waals surface area contributed by atoms with E-state index in [4.69, 9.17) is 0 Å². The van der Waals surface area contributed by atoms with Crippen molar-refractivity contribution in [1.29, 1.82) is 0 Å². The van der Waals surface area contributed by atoms with Gasteiger partial charge in [0, 0.05) is 24.2 Å². The number of carboxylic acid groups (broad SMARTS) is 1. The second kappa shape index (κ2) is 5.27. The number of non-ortho nitro benzene ring substituents is 1. The first-order valence-electron chi connectivity index (χ1n) is 7.25. The van der Waals surface area contributed by atoms with E-state index in [0.29, 0.717) is 19.3 Å². The van der Waals surface area contributed by atoms with Gasteiger partial charge in [0.25, 0.3) is 5.69 Å². The van der Waals surface area contributed by atoms with E-state index < -0.39 is 32.9 Å². The Bertz CT molecular complexity index is 790. The standard InChI is InChI=1S/C14H16N2O6S/c1-8-6-10(16(19)20)3-5-13(8)23(21,22)15-9-2-4-12(15)11(7-9)14(17)18/h3,5-6,9,11-12H,2,4,7H2,1H3,(H,17,18). The number of benzene rings is 1. The fourth-order valence-corrected chi connectivity index (χ4v) is 5.85. The van der Waals surface area contributed by atoms with Crippen molar-refractivity contribution in [3.05, 3.63) is 33.9 Å². The minimum atomic E-state index is -3.87. The molecular weight excluding hydrogens is 324 g/mol. The first-order valence-corrected chi connectivity index (χ1v) is 8.69. The Hall–Kier alpha value is -2.00. The van der Waals surface area contributed by atoms with Crippen LogP contribution in [0.4, 0.5) is 5.69 Å². The van der Waals surface area contributed by atoms with Gasteiger partial charge in [0.05, 0.1) is 15.7 Å². The molecule has 0 radical (unpaired) electrons. The number of nitro groups is 1. The summed E-state index contributed by atoms with van der Waals surface area (Å²) in [6.07, 6.45) is 1.51. The minimum Gasteiger partial charge on any atom is -0.481 e. The predicted octanol–water partition coefficient (Wildman–Crippen LogP) is 1.53. The average molecular weight is 340 g/mol. The third-order valence-corrected chi connectivity index (χ3v) is 6.85. The predicted molar refractivity (Wildman–Crippen MR) is 79.4 cm³/mol. The number of hydrogen-bond donors (Lipinski definition) is 1. The summed E-state index contributed by atoms with van der Waals surface area (Å²) in [6.45, 7) is 1.51. The number of aliphatic carboxylic acids is 1. The number of rotatable bonds is 4. The van der Waals surface area contributed by atoms with Crippen molar-refractivity contribution in [2.24, 2.45) is 5.92 Å². The number of nitro benzene ring substituents is 1. The number of nitrogens with zero attached hydrogens (tertiary/aromatic N) is 2. The van der Waals surface area contributed by atoms with Crippen LogP contribution in [0.5, 0.6) is 0 Å². The Morgan fingerprint density at radius 2 is 2.09 bits per heavy atom. The summed E-state index contributed by atoms with van der Waals surface area (Å²) < 4.78 is 27.2. The van der Waals surface area contributed by atoms with E-state index in [-0.39, 0.29) is 22.2 Å². The number of carboxylic acids is 1. The van der Waals surface area contributed by atoms with Gasteiger partial charge in [-0.25, -0.2) is 8.42 Å². The van der Waals surface area contributed by atoms with Crippen LogP contribution in [-0.4, -0.2) is 40.8 Å². The average Bonchev–Trinajstić information content (AvgIpc) is 3.05. The highest BCUT2D eigenvalue weighted by atomic mass is 32.2. The van der Waals surface area contributed by atoms with Crippen LogP contribution in [0.2, 0.25) is 0 Å². The largest absolute Gasteiger partial charge is 0.481 e. The number of sulfonamides is 1. The quantitative estimate of drug-likeness (QED) is 0.656. The van der Waals surface area contributed by atoms with Gasteiger partial charge in [-0.15, -0.1) is 0 Å².